The van der Waals surface area contributed by atoms with Crippen LogP contribution in [0.15, 0.2) is 48.5 Å². The second-order valence-electron chi connectivity index (χ2n) is 5.56. The molecule has 26 heavy (non-hydrogen) atoms. The van der Waals surface area contributed by atoms with Gasteiger partial charge in [0.1, 0.15) is 24.4 Å². The highest BCUT2D eigenvalue weighted by atomic mass is 16.4. The molecule has 0 unspecified atom stereocenters. The number of aldehydes is 1. The molecule has 2 aromatic carbocycles. The molecule has 0 amide bonds. The van der Waals surface area contributed by atoms with Gasteiger partial charge in [-0.15, -0.1) is 0 Å². The van der Waals surface area contributed by atoms with Crippen LogP contribution in [-0.2, 0) is 4.79 Å². The third-order valence-corrected chi connectivity index (χ3v) is 3.67. The van der Waals surface area contributed by atoms with Gasteiger partial charge in [0.25, 0.3) is 0 Å². The Morgan fingerprint density at radius 3 is 1.46 bits per heavy atom. The minimum Gasteiger partial charge on any atom is -0.394 e. The zero-order chi connectivity index (χ0) is 19.1. The van der Waals surface area contributed by atoms with Gasteiger partial charge in [0.15, 0.2) is 6.29 Å². The number of benzene rings is 2. The van der Waals surface area contributed by atoms with Crippen molar-refractivity contribution in [2.75, 3.05) is 6.61 Å². The van der Waals surface area contributed by atoms with Crippen LogP contribution in [0.2, 0.25) is 0 Å². The molecule has 1 aromatic heterocycles. The second kappa shape index (κ2) is 9.27. The molecule has 0 aliphatic rings. The standard InChI is InChI=1S/C12H8N2.C6H12O6/c1-2-6-10-9(5-1)13-11-7-3-4-8-12(11)14-10;7-1-3(9)5(11)6(12)4(10)2-8/h1-8H;1,3-6,8-12H,2H2/t;3-,4+,5+,6+/m.0/s1. The van der Waals surface area contributed by atoms with E-state index in [0.717, 1.165) is 22.1 Å². The summed E-state index contributed by atoms with van der Waals surface area (Å²) in [6.07, 6.45) is -6.84. The summed E-state index contributed by atoms with van der Waals surface area (Å²) in [6, 6.07) is 15.8. The zero-order valence-electron chi connectivity index (χ0n) is 13.8. The van der Waals surface area contributed by atoms with E-state index in [2.05, 4.69) is 9.97 Å². The van der Waals surface area contributed by atoms with Crippen molar-refractivity contribution in [3.63, 3.8) is 0 Å². The molecule has 3 aromatic rings. The van der Waals surface area contributed by atoms with Crippen molar-refractivity contribution in [1.82, 2.24) is 9.97 Å². The average Bonchev–Trinajstić information content (AvgIpc) is 2.70. The summed E-state index contributed by atoms with van der Waals surface area (Å²) < 4.78 is 0. The maximum Gasteiger partial charge on any atom is 0.151 e. The minimum absolute atomic E-state index is 0.0258. The van der Waals surface area contributed by atoms with Crippen molar-refractivity contribution in [2.24, 2.45) is 0 Å². The van der Waals surface area contributed by atoms with Gasteiger partial charge in [-0.3, -0.25) is 0 Å². The molecule has 0 radical (unpaired) electrons. The topological polar surface area (TPSA) is 144 Å². The van der Waals surface area contributed by atoms with Crippen molar-refractivity contribution in [3.8, 4) is 0 Å². The summed E-state index contributed by atoms with van der Waals surface area (Å²) in [5, 5.41) is 43.5. The van der Waals surface area contributed by atoms with Crippen molar-refractivity contribution in [3.05, 3.63) is 48.5 Å². The molecule has 0 fully saturated rings. The van der Waals surface area contributed by atoms with Crippen molar-refractivity contribution < 1.29 is 30.3 Å². The van der Waals surface area contributed by atoms with E-state index >= 15 is 0 Å². The SMILES string of the molecule is O=C[C@H](O)[C@@H](O)[C@H](O)[C@H](O)CO.c1ccc2nc3ccccc3nc2c1. The maximum atomic E-state index is 9.90. The number of hydrogen-bond acceptors (Lipinski definition) is 8. The number of carbonyl (C=O) groups excluding carboxylic acids is 1. The molecule has 0 bridgehead atoms. The maximum absolute atomic E-state index is 9.90. The van der Waals surface area contributed by atoms with E-state index in [-0.39, 0.29) is 6.29 Å². The monoisotopic (exact) mass is 360 g/mol. The van der Waals surface area contributed by atoms with Crippen LogP contribution in [0.4, 0.5) is 0 Å². The molecule has 0 saturated carbocycles. The van der Waals surface area contributed by atoms with Crippen LogP contribution in [0, 0.1) is 0 Å². The Hall–Kier alpha value is -2.49. The van der Waals surface area contributed by atoms with Gasteiger partial charge >= 0.3 is 0 Å². The van der Waals surface area contributed by atoms with E-state index in [1.54, 1.807) is 0 Å². The molecular weight excluding hydrogens is 340 g/mol. The Bertz CT molecular complexity index is 754. The van der Waals surface area contributed by atoms with Crippen LogP contribution in [0.5, 0.6) is 0 Å². The molecule has 138 valence electrons. The summed E-state index contributed by atoms with van der Waals surface area (Å²) in [5.41, 5.74) is 3.80. The third kappa shape index (κ3) is 4.78. The van der Waals surface area contributed by atoms with Gasteiger partial charge in [0.05, 0.1) is 28.7 Å². The zero-order valence-corrected chi connectivity index (χ0v) is 13.8. The molecule has 8 nitrogen and oxygen atoms in total. The number of aliphatic hydroxyl groups excluding tert-OH is 5. The fourth-order valence-electron chi connectivity index (χ4n) is 2.18. The van der Waals surface area contributed by atoms with E-state index in [9.17, 15) is 4.79 Å². The molecule has 1 heterocycles. The Kier molecular flexibility index (Phi) is 7.07. The van der Waals surface area contributed by atoms with Crippen molar-refractivity contribution in [2.45, 2.75) is 24.4 Å². The first-order chi connectivity index (χ1) is 12.5. The van der Waals surface area contributed by atoms with Crippen LogP contribution < -0.4 is 0 Å². The quantitative estimate of drug-likeness (QED) is 0.300. The molecular formula is C18H20N2O6. The van der Waals surface area contributed by atoms with Crippen LogP contribution in [0.25, 0.3) is 22.1 Å². The summed E-state index contributed by atoms with van der Waals surface area (Å²) in [6.45, 7) is -0.760. The molecule has 3 rings (SSSR count). The van der Waals surface area contributed by atoms with Crippen molar-refractivity contribution in [1.29, 1.82) is 0 Å². The Labute approximate surface area is 149 Å². The molecule has 5 N–H and O–H groups in total. The number of rotatable bonds is 5. The normalized spacial score (nSPS) is 15.6. The lowest BCUT2D eigenvalue weighted by Gasteiger charge is -2.22. The number of carbonyl (C=O) groups is 1. The number of nitrogens with zero attached hydrogens (tertiary/aromatic N) is 2. The molecule has 8 heteroatoms. The highest BCUT2D eigenvalue weighted by Crippen LogP contribution is 2.14. The average molecular weight is 360 g/mol. The largest absolute Gasteiger partial charge is 0.394 e. The van der Waals surface area contributed by atoms with Gasteiger partial charge in [-0.1, -0.05) is 24.3 Å². The van der Waals surface area contributed by atoms with Gasteiger partial charge in [0, 0.05) is 0 Å². The van der Waals surface area contributed by atoms with Gasteiger partial charge in [0.2, 0.25) is 0 Å². The van der Waals surface area contributed by atoms with E-state index < -0.39 is 31.0 Å². The number of para-hydroxylation sites is 4. The summed E-state index contributed by atoms with van der Waals surface area (Å²) >= 11 is 0. The van der Waals surface area contributed by atoms with Gasteiger partial charge in [-0.2, -0.15) is 0 Å². The number of fused-ring (bicyclic) bond motifs is 2. The van der Waals surface area contributed by atoms with Crippen LogP contribution >= 0.6 is 0 Å². The highest BCUT2D eigenvalue weighted by molar-refractivity contribution is 5.85. The minimum atomic E-state index is -1.79. The summed E-state index contributed by atoms with van der Waals surface area (Å²) in [7, 11) is 0. The number of aliphatic hydroxyl groups is 5. The molecule has 0 aliphatic heterocycles. The number of aromatic nitrogens is 2. The van der Waals surface area contributed by atoms with Gasteiger partial charge in [-0.05, 0) is 24.3 Å². The predicted octanol–water partition coefficient (Wildman–Crippen LogP) is -0.596. The summed E-state index contributed by atoms with van der Waals surface area (Å²) in [4.78, 5) is 18.9. The van der Waals surface area contributed by atoms with E-state index in [1.807, 2.05) is 48.5 Å². The van der Waals surface area contributed by atoms with Crippen LogP contribution in [0.1, 0.15) is 0 Å². The summed E-state index contributed by atoms with van der Waals surface area (Å²) in [5.74, 6) is 0. The highest BCUT2D eigenvalue weighted by Gasteiger charge is 2.29. The lowest BCUT2D eigenvalue weighted by atomic mass is 10.0. The van der Waals surface area contributed by atoms with Gasteiger partial charge in [-0.25, -0.2) is 9.97 Å². The molecule has 0 aliphatic carbocycles. The molecule has 0 spiro atoms. The number of hydrogen-bond donors (Lipinski definition) is 5. The first-order valence-corrected chi connectivity index (χ1v) is 7.88. The first-order valence-electron chi connectivity index (χ1n) is 7.88. The van der Waals surface area contributed by atoms with Crippen LogP contribution in [-0.4, -0.2) is 72.8 Å². The Morgan fingerprint density at radius 1 is 0.769 bits per heavy atom. The van der Waals surface area contributed by atoms with E-state index in [1.165, 1.54) is 0 Å². The first kappa shape index (κ1) is 19.8. The van der Waals surface area contributed by atoms with Crippen LogP contribution in [0.3, 0.4) is 0 Å². The fraction of sp³-hybridized carbons (Fsp3) is 0.278. The Balaban J connectivity index is 0.000000191. The Morgan fingerprint density at radius 2 is 1.15 bits per heavy atom. The second-order valence-corrected chi connectivity index (χ2v) is 5.56. The van der Waals surface area contributed by atoms with E-state index in [4.69, 9.17) is 25.5 Å². The van der Waals surface area contributed by atoms with E-state index in [0.29, 0.717) is 0 Å². The molecule has 4 atom stereocenters. The van der Waals surface area contributed by atoms with Crippen molar-refractivity contribution >= 4 is 28.4 Å². The smallest absolute Gasteiger partial charge is 0.151 e. The lowest BCUT2D eigenvalue weighted by molar-refractivity contribution is -0.136. The molecule has 0 saturated heterocycles. The van der Waals surface area contributed by atoms with Gasteiger partial charge < -0.3 is 30.3 Å². The fourth-order valence-corrected chi connectivity index (χ4v) is 2.18. The predicted molar refractivity (Wildman–Crippen MR) is 94.2 cm³/mol. The third-order valence-electron chi connectivity index (χ3n) is 3.67. The lowest BCUT2D eigenvalue weighted by Crippen LogP contribution is -2.46.